The summed E-state index contributed by atoms with van der Waals surface area (Å²) in [4.78, 5) is 14.8. The molecule has 0 spiro atoms. The van der Waals surface area contributed by atoms with Crippen molar-refractivity contribution in [3.8, 4) is 0 Å². The summed E-state index contributed by atoms with van der Waals surface area (Å²) in [5.74, 6) is 0.130. The van der Waals surface area contributed by atoms with Crippen molar-refractivity contribution in [1.29, 1.82) is 0 Å². The number of Topliss-reactive ketones (excluding diaryl/α,β-unsaturated/α-hetero) is 1. The first-order valence-electron chi connectivity index (χ1n) is 5.77. The van der Waals surface area contributed by atoms with Crippen LogP contribution >= 0.6 is 38.9 Å². The summed E-state index contributed by atoms with van der Waals surface area (Å²) in [5, 5.41) is 0.737. The van der Waals surface area contributed by atoms with Crippen LogP contribution in [0.25, 0.3) is 0 Å². The van der Waals surface area contributed by atoms with E-state index in [9.17, 15) is 4.79 Å². The molecule has 0 N–H and O–H groups in total. The van der Waals surface area contributed by atoms with Crippen molar-refractivity contribution in [2.75, 3.05) is 13.6 Å². The Labute approximate surface area is 130 Å². The minimum Gasteiger partial charge on any atom is -0.294 e. The number of thiophene rings is 1. The van der Waals surface area contributed by atoms with Crippen LogP contribution in [0.1, 0.15) is 15.2 Å². The van der Waals surface area contributed by atoms with E-state index in [0.29, 0.717) is 13.1 Å². The van der Waals surface area contributed by atoms with Crippen molar-refractivity contribution >= 4 is 44.7 Å². The van der Waals surface area contributed by atoms with Gasteiger partial charge in [-0.3, -0.25) is 9.69 Å². The van der Waals surface area contributed by atoms with Crippen LogP contribution in [0.4, 0.5) is 0 Å². The van der Waals surface area contributed by atoms with Crippen LogP contribution in [0, 0.1) is 0 Å². The maximum atomic E-state index is 12.1. The van der Waals surface area contributed by atoms with Crippen molar-refractivity contribution in [2.24, 2.45) is 0 Å². The lowest BCUT2D eigenvalue weighted by molar-refractivity contribution is 0.0947. The van der Waals surface area contributed by atoms with Crippen molar-refractivity contribution in [3.63, 3.8) is 0 Å². The molecule has 0 unspecified atom stereocenters. The molecule has 0 atom stereocenters. The topological polar surface area (TPSA) is 20.3 Å². The number of carbonyl (C=O) groups is 1. The molecule has 100 valence electrons. The van der Waals surface area contributed by atoms with Gasteiger partial charge in [-0.1, -0.05) is 29.8 Å². The van der Waals surface area contributed by atoms with E-state index in [2.05, 4.69) is 15.9 Å². The van der Waals surface area contributed by atoms with E-state index in [4.69, 9.17) is 11.6 Å². The minimum atomic E-state index is 0.130. The summed E-state index contributed by atoms with van der Waals surface area (Å²) < 4.78 is 0.976. The van der Waals surface area contributed by atoms with Crippen LogP contribution in [0.5, 0.6) is 0 Å². The summed E-state index contributed by atoms with van der Waals surface area (Å²) in [6.07, 6.45) is 0. The summed E-state index contributed by atoms with van der Waals surface area (Å²) in [7, 11) is 1.92. The molecule has 0 aliphatic carbocycles. The Morgan fingerprint density at radius 2 is 2.05 bits per heavy atom. The summed E-state index contributed by atoms with van der Waals surface area (Å²) in [6.45, 7) is 1.05. The van der Waals surface area contributed by atoms with Gasteiger partial charge in [0.1, 0.15) is 0 Å². The maximum Gasteiger partial charge on any atom is 0.186 e. The third-order valence-electron chi connectivity index (χ3n) is 2.66. The van der Waals surface area contributed by atoms with Gasteiger partial charge in [0.05, 0.1) is 15.2 Å². The number of ketones is 1. The van der Waals surface area contributed by atoms with Gasteiger partial charge in [-0.15, -0.1) is 11.3 Å². The Morgan fingerprint density at radius 1 is 1.32 bits per heavy atom. The fourth-order valence-corrected chi connectivity index (χ4v) is 3.27. The molecule has 1 aromatic carbocycles. The molecule has 2 nitrogen and oxygen atoms in total. The normalized spacial score (nSPS) is 10.9. The Morgan fingerprint density at radius 3 is 2.68 bits per heavy atom. The summed E-state index contributed by atoms with van der Waals surface area (Å²) in [5.41, 5.74) is 1.03. The van der Waals surface area contributed by atoms with Crippen LogP contribution in [-0.2, 0) is 6.54 Å². The van der Waals surface area contributed by atoms with E-state index in [1.807, 2.05) is 48.3 Å². The molecule has 1 heterocycles. The predicted octanol–water partition coefficient (Wildman–Crippen LogP) is 4.48. The summed E-state index contributed by atoms with van der Waals surface area (Å²) in [6, 6.07) is 11.4. The Kier molecular flexibility index (Phi) is 5.16. The van der Waals surface area contributed by atoms with Crippen LogP contribution in [0.15, 0.2) is 40.2 Å². The molecule has 0 bridgehead atoms. The quantitative estimate of drug-likeness (QED) is 0.735. The van der Waals surface area contributed by atoms with E-state index in [1.54, 1.807) is 0 Å². The van der Waals surface area contributed by atoms with Crippen molar-refractivity contribution in [1.82, 2.24) is 4.90 Å². The van der Waals surface area contributed by atoms with E-state index < -0.39 is 0 Å². The second-order valence-corrected chi connectivity index (χ2v) is 7.16. The van der Waals surface area contributed by atoms with Crippen LogP contribution in [0.2, 0.25) is 5.02 Å². The highest BCUT2D eigenvalue weighted by Gasteiger charge is 2.12. The SMILES string of the molecule is CN(CC(=O)c1ccc(Br)s1)Cc1ccccc1Cl. The molecule has 1 aromatic heterocycles. The number of carbonyl (C=O) groups excluding carboxylic acids is 1. The molecule has 2 aromatic rings. The van der Waals surface area contributed by atoms with Crippen molar-refractivity contribution in [3.05, 3.63) is 55.6 Å². The molecule has 0 radical (unpaired) electrons. The van der Waals surface area contributed by atoms with Crippen LogP contribution in [0.3, 0.4) is 0 Å². The average molecular weight is 359 g/mol. The molecule has 0 aliphatic rings. The average Bonchev–Trinajstić information content (AvgIpc) is 2.79. The number of nitrogens with zero attached hydrogens (tertiary/aromatic N) is 1. The second-order valence-electron chi connectivity index (χ2n) is 4.29. The third-order valence-corrected chi connectivity index (χ3v) is 4.69. The standard InChI is InChI=1S/C14H13BrClNOS/c1-17(8-10-4-2-3-5-11(10)16)9-12(18)13-6-7-14(15)19-13/h2-7H,8-9H2,1H3. The maximum absolute atomic E-state index is 12.1. The van der Waals surface area contributed by atoms with Gasteiger partial charge in [-0.25, -0.2) is 0 Å². The fourth-order valence-electron chi connectivity index (χ4n) is 1.76. The predicted molar refractivity (Wildman–Crippen MR) is 84.1 cm³/mol. The molecule has 0 amide bonds. The van der Waals surface area contributed by atoms with Crippen molar-refractivity contribution in [2.45, 2.75) is 6.54 Å². The zero-order valence-corrected chi connectivity index (χ0v) is 13.6. The molecule has 2 rings (SSSR count). The van der Waals surface area contributed by atoms with Crippen LogP contribution in [-0.4, -0.2) is 24.3 Å². The Bertz CT molecular complexity index is 584. The lowest BCUT2D eigenvalue weighted by atomic mass is 10.2. The number of benzene rings is 1. The van der Waals surface area contributed by atoms with Gasteiger partial charge in [0.25, 0.3) is 0 Å². The van der Waals surface area contributed by atoms with Gasteiger partial charge in [0.2, 0.25) is 0 Å². The van der Waals surface area contributed by atoms with Gasteiger partial charge in [-0.05, 0) is 46.7 Å². The number of hydrogen-bond acceptors (Lipinski definition) is 3. The smallest absolute Gasteiger partial charge is 0.186 e. The largest absolute Gasteiger partial charge is 0.294 e. The van der Waals surface area contributed by atoms with Gasteiger partial charge in [0.15, 0.2) is 5.78 Å². The van der Waals surface area contributed by atoms with Gasteiger partial charge < -0.3 is 0 Å². The first-order valence-corrected chi connectivity index (χ1v) is 7.75. The number of likely N-dealkylation sites (N-methyl/N-ethyl adjacent to an activating group) is 1. The first-order chi connectivity index (χ1) is 9.06. The molecular formula is C14H13BrClNOS. The summed E-state index contributed by atoms with van der Waals surface area (Å²) >= 11 is 10.9. The molecule has 19 heavy (non-hydrogen) atoms. The van der Waals surface area contributed by atoms with E-state index in [-0.39, 0.29) is 5.78 Å². The monoisotopic (exact) mass is 357 g/mol. The number of halogens is 2. The molecule has 0 fully saturated rings. The van der Waals surface area contributed by atoms with Crippen LogP contribution < -0.4 is 0 Å². The highest BCUT2D eigenvalue weighted by Crippen LogP contribution is 2.23. The third kappa shape index (κ3) is 4.14. The van der Waals surface area contributed by atoms with Gasteiger partial charge in [0, 0.05) is 11.6 Å². The molecule has 0 saturated heterocycles. The molecule has 0 saturated carbocycles. The zero-order valence-electron chi connectivity index (χ0n) is 10.4. The highest BCUT2D eigenvalue weighted by atomic mass is 79.9. The lowest BCUT2D eigenvalue weighted by Gasteiger charge is -2.16. The van der Waals surface area contributed by atoms with E-state index in [1.165, 1.54) is 11.3 Å². The van der Waals surface area contributed by atoms with Gasteiger partial charge >= 0.3 is 0 Å². The second kappa shape index (κ2) is 6.66. The lowest BCUT2D eigenvalue weighted by Crippen LogP contribution is -2.25. The Hall–Kier alpha value is -0.680. The zero-order chi connectivity index (χ0) is 13.8. The minimum absolute atomic E-state index is 0.130. The van der Waals surface area contributed by atoms with Gasteiger partial charge in [-0.2, -0.15) is 0 Å². The fraction of sp³-hybridized carbons (Fsp3) is 0.214. The number of rotatable bonds is 5. The Balaban J connectivity index is 1.96. The first kappa shape index (κ1) is 14.7. The van der Waals surface area contributed by atoms with E-state index in [0.717, 1.165) is 19.2 Å². The molecule has 0 aliphatic heterocycles. The van der Waals surface area contributed by atoms with E-state index >= 15 is 0 Å². The number of hydrogen-bond donors (Lipinski definition) is 0. The molecule has 5 heteroatoms. The highest BCUT2D eigenvalue weighted by molar-refractivity contribution is 9.11. The molecular weight excluding hydrogens is 346 g/mol. The van der Waals surface area contributed by atoms with Crippen molar-refractivity contribution < 1.29 is 4.79 Å².